The van der Waals surface area contributed by atoms with Crippen molar-refractivity contribution >= 4 is 73.1 Å². The predicted molar refractivity (Wildman–Crippen MR) is 34.7 cm³/mol. The van der Waals surface area contributed by atoms with Gasteiger partial charge in [-0.3, -0.25) is 18.2 Å². The van der Waals surface area contributed by atoms with Crippen molar-refractivity contribution in [1.29, 1.82) is 0 Å². The molecule has 4 N–H and O–H groups in total. The van der Waals surface area contributed by atoms with Crippen LogP contribution < -0.4 is 0 Å². The summed E-state index contributed by atoms with van der Waals surface area (Å²) in [4.78, 5) is 0. The van der Waals surface area contributed by atoms with Crippen LogP contribution in [0.15, 0.2) is 0 Å². The fraction of sp³-hybridized carbons (Fsp3) is 0. The molecule has 10 heteroatoms. The molecule has 0 spiro atoms. The number of hydrogen-bond donors (Lipinski definition) is 4. The van der Waals surface area contributed by atoms with Crippen LogP contribution in [0, 0.1) is 0 Å². The van der Waals surface area contributed by atoms with Crippen LogP contribution in [0.3, 0.4) is 0 Å². The molecule has 0 amide bonds. The Morgan fingerprint density at radius 3 is 1.10 bits per heavy atom. The normalized spacial score (nSPS) is 9.30. The molecule has 0 aliphatic carbocycles. The van der Waals surface area contributed by atoms with Gasteiger partial charge in [-0.15, -0.1) is 0 Å². The minimum atomic E-state index is -4.67. The first kappa shape index (κ1) is 17.6. The third-order valence-electron chi connectivity index (χ3n) is 0. The van der Waals surface area contributed by atoms with Gasteiger partial charge >= 0.3 is 61.8 Å². The molecule has 0 unspecified atom stereocenters. The molecule has 60 valence electrons. The van der Waals surface area contributed by atoms with Crippen LogP contribution in [0.25, 0.3) is 0 Å². The van der Waals surface area contributed by atoms with Gasteiger partial charge in [0.15, 0.2) is 0 Å². The summed E-state index contributed by atoms with van der Waals surface area (Å²) in [6, 6.07) is 0. The Hall–Kier alpha value is 1.58. The molecule has 0 fully saturated rings. The molecule has 10 heavy (non-hydrogen) atoms. The van der Waals surface area contributed by atoms with Crippen molar-refractivity contribution in [2.24, 2.45) is 0 Å². The van der Waals surface area contributed by atoms with Gasteiger partial charge in [0.25, 0.3) is 11.4 Å². The van der Waals surface area contributed by atoms with E-state index >= 15 is 0 Å². The third kappa shape index (κ3) is 283. The average molecular weight is 220 g/mol. The van der Waals surface area contributed by atoms with Crippen molar-refractivity contribution in [1.82, 2.24) is 0 Å². The number of rotatable bonds is 0. The van der Waals surface area contributed by atoms with Gasteiger partial charge in [0.1, 0.15) is 0 Å². The van der Waals surface area contributed by atoms with E-state index in [2.05, 4.69) is 0 Å². The molecule has 0 saturated carbocycles. The monoisotopic (exact) mass is 220 g/mol. The summed E-state index contributed by atoms with van der Waals surface area (Å²) in [6.45, 7) is 0. The Kier molecular flexibility index (Phi) is 15.3. The zero-order valence-electron chi connectivity index (χ0n) is 3.83. The maximum absolute atomic E-state index is 8.74. The Morgan fingerprint density at radius 1 is 1.10 bits per heavy atom. The van der Waals surface area contributed by atoms with E-state index in [4.69, 9.17) is 30.8 Å². The first-order chi connectivity index (χ1) is 3.73. The topological polar surface area (TPSA) is 132 Å². The molecule has 0 aromatic heterocycles. The van der Waals surface area contributed by atoms with E-state index in [1.54, 1.807) is 0 Å². The molecule has 0 saturated heterocycles. The Labute approximate surface area is 102 Å². The number of hydrogen-bond acceptors (Lipinski definition) is 3. The summed E-state index contributed by atoms with van der Waals surface area (Å²) in [6.07, 6.45) is 0. The molecule has 0 rings (SSSR count). The Morgan fingerprint density at radius 2 is 1.10 bits per heavy atom. The zero-order valence-corrected chi connectivity index (χ0v) is 5.46. The van der Waals surface area contributed by atoms with Gasteiger partial charge in [-0.05, 0) is 0 Å². The van der Waals surface area contributed by atoms with Crippen LogP contribution in [-0.4, -0.2) is 82.2 Å². The van der Waals surface area contributed by atoms with Crippen molar-refractivity contribution in [3.63, 3.8) is 0 Å². The molecule has 0 aromatic carbocycles. The zero-order chi connectivity index (χ0) is 8.08. The van der Waals surface area contributed by atoms with Crippen molar-refractivity contribution in [2.75, 3.05) is 0 Å². The van der Waals surface area contributed by atoms with E-state index < -0.39 is 21.8 Å². The molecule has 0 radical (unpaired) electrons. The van der Waals surface area contributed by atoms with E-state index in [-0.39, 0.29) is 51.4 Å². The van der Waals surface area contributed by atoms with Gasteiger partial charge < -0.3 is 0 Å². The van der Waals surface area contributed by atoms with Crippen molar-refractivity contribution in [2.45, 2.75) is 0 Å². The van der Waals surface area contributed by atoms with E-state index in [9.17, 15) is 0 Å². The van der Waals surface area contributed by atoms with Gasteiger partial charge in [-0.25, -0.2) is 0 Å². The summed E-state index contributed by atoms with van der Waals surface area (Å²) < 4.78 is 54.4. The average Bonchev–Trinajstić information content (AvgIpc) is 1.19. The second-order valence-electron chi connectivity index (χ2n) is 0.679. The predicted octanol–water partition coefficient (Wildman–Crippen LogP) is -1.62. The minimum absolute atomic E-state index is 0. The fourth-order valence-corrected chi connectivity index (χ4v) is 0. The quantitative estimate of drug-likeness (QED) is 0.219. The van der Waals surface area contributed by atoms with Crippen LogP contribution >= 0.6 is 0 Å². The van der Waals surface area contributed by atoms with Crippen LogP contribution in [-0.2, 0) is 21.8 Å². The molecule has 0 aliphatic rings. The second-order valence-corrected chi connectivity index (χ2v) is 2.04. The van der Waals surface area contributed by atoms with Crippen molar-refractivity contribution < 1.29 is 30.8 Å². The molecule has 7 nitrogen and oxygen atoms in total. The maximum atomic E-state index is 8.74. The van der Waals surface area contributed by atoms with Crippen LogP contribution in [0.4, 0.5) is 0 Å². The summed E-state index contributed by atoms with van der Waals surface area (Å²) in [5.41, 5.74) is 0. The summed E-state index contributed by atoms with van der Waals surface area (Å²) in [7, 11) is -4.67. The summed E-state index contributed by atoms with van der Waals surface area (Å²) in [5, 5.41) is 0. The van der Waals surface area contributed by atoms with Crippen molar-refractivity contribution in [3.05, 3.63) is 0 Å². The van der Waals surface area contributed by atoms with Gasteiger partial charge in [0.2, 0.25) is 0 Å². The van der Waals surface area contributed by atoms with Gasteiger partial charge in [0, 0.05) is 0 Å². The second kappa shape index (κ2) is 8.67. The van der Waals surface area contributed by atoms with Crippen molar-refractivity contribution in [3.8, 4) is 0 Å². The first-order valence-corrected chi connectivity index (χ1v) is 3.69. The van der Waals surface area contributed by atoms with Gasteiger partial charge in [-0.1, -0.05) is 0 Å². The standard InChI is InChI=1S/K.H2O4S.H2O3S.H/c;1-5(2,3)4;1-4(2)3;/h;(H2,1,2,3,4);(H2,1,2,3);. The third-order valence-corrected chi connectivity index (χ3v) is 0. The SMILES string of the molecule is O=S(=O)(O)O.O=S(O)O.[KH]. The Bertz CT molecular complexity index is 154. The first-order valence-electron chi connectivity index (χ1n) is 1.23. The molecule has 0 aliphatic heterocycles. The van der Waals surface area contributed by atoms with E-state index in [0.717, 1.165) is 0 Å². The van der Waals surface area contributed by atoms with E-state index in [1.165, 1.54) is 0 Å². The fourth-order valence-electron chi connectivity index (χ4n) is 0. The van der Waals surface area contributed by atoms with Crippen LogP contribution in [0.1, 0.15) is 0 Å². The summed E-state index contributed by atoms with van der Waals surface area (Å²) in [5.74, 6) is 0. The molecular weight excluding hydrogens is 215 g/mol. The van der Waals surface area contributed by atoms with Crippen LogP contribution in [0.5, 0.6) is 0 Å². The molecule has 0 aromatic rings. The molecule has 0 bridgehead atoms. The van der Waals surface area contributed by atoms with Crippen LogP contribution in [0.2, 0.25) is 0 Å². The van der Waals surface area contributed by atoms with E-state index in [1.807, 2.05) is 0 Å². The molecular formula is H5KO7S2. The molecule has 0 atom stereocenters. The Balaban J connectivity index is -0.0000000910. The summed E-state index contributed by atoms with van der Waals surface area (Å²) >= 11 is -2.61. The molecule has 0 heterocycles. The van der Waals surface area contributed by atoms with Gasteiger partial charge in [-0.2, -0.15) is 12.6 Å². The van der Waals surface area contributed by atoms with E-state index in [0.29, 0.717) is 0 Å². The van der Waals surface area contributed by atoms with Gasteiger partial charge in [0.05, 0.1) is 0 Å².